The second-order valence-electron chi connectivity index (χ2n) is 6.11. The third-order valence-electron chi connectivity index (χ3n) is 2.91. The van der Waals surface area contributed by atoms with Crippen LogP contribution in [-0.2, 0) is 4.74 Å². The molecule has 136 valence electrons. The molecule has 2 atom stereocenters. The van der Waals surface area contributed by atoms with Crippen LogP contribution in [0.25, 0.3) is 0 Å². The van der Waals surface area contributed by atoms with Crippen LogP contribution in [0.5, 0.6) is 0 Å². The van der Waals surface area contributed by atoms with Crippen molar-refractivity contribution in [2.75, 3.05) is 6.54 Å². The van der Waals surface area contributed by atoms with Gasteiger partial charge in [0.2, 0.25) is 0 Å². The van der Waals surface area contributed by atoms with Crippen LogP contribution in [0.4, 0.5) is 22.4 Å². The van der Waals surface area contributed by atoms with Gasteiger partial charge < -0.3 is 20.3 Å². The third-order valence-corrected chi connectivity index (χ3v) is 2.91. The zero-order valence-corrected chi connectivity index (χ0v) is 13.4. The normalized spacial score (nSPS) is 14.2. The lowest BCUT2D eigenvalue weighted by molar-refractivity contribution is 0.00752. The van der Waals surface area contributed by atoms with Crippen molar-refractivity contribution in [2.24, 2.45) is 0 Å². The molecule has 0 aromatic heterocycles. The molecule has 0 aliphatic heterocycles. The van der Waals surface area contributed by atoms with Gasteiger partial charge in [-0.15, -0.1) is 0 Å². The fourth-order valence-corrected chi connectivity index (χ4v) is 1.84. The number of nitrogens with one attached hydrogen (secondary N) is 1. The Balaban J connectivity index is 2.70. The van der Waals surface area contributed by atoms with Crippen molar-refractivity contribution < 1.29 is 37.3 Å². The van der Waals surface area contributed by atoms with Gasteiger partial charge in [0.05, 0.1) is 11.7 Å². The number of hydrogen-bond acceptors (Lipinski definition) is 4. The Bertz CT molecular complexity index is 578. The van der Waals surface area contributed by atoms with Crippen molar-refractivity contribution in [3.63, 3.8) is 0 Å². The summed E-state index contributed by atoms with van der Waals surface area (Å²) in [6.07, 6.45) is -5.11. The van der Waals surface area contributed by atoms with E-state index in [-0.39, 0.29) is 19.0 Å². The van der Waals surface area contributed by atoms with Gasteiger partial charge in [-0.1, -0.05) is 0 Å². The molecule has 0 spiro atoms. The van der Waals surface area contributed by atoms with E-state index in [1.807, 2.05) is 0 Å². The SMILES string of the molecule is CC(C)(C)OC(=O)NCCC(O)C(O)c1c(F)c(F)cc(F)c1F. The number of alkyl carbamates (subject to hydrolysis) is 1. The summed E-state index contributed by atoms with van der Waals surface area (Å²) >= 11 is 0. The van der Waals surface area contributed by atoms with Crippen LogP contribution in [0.1, 0.15) is 38.9 Å². The first-order chi connectivity index (χ1) is 10.9. The molecule has 0 aliphatic carbocycles. The quantitative estimate of drug-likeness (QED) is 0.562. The van der Waals surface area contributed by atoms with E-state index < -0.39 is 52.7 Å². The number of aliphatic hydroxyl groups is 2. The molecule has 0 saturated heterocycles. The zero-order valence-electron chi connectivity index (χ0n) is 13.4. The molecule has 0 radical (unpaired) electrons. The number of benzene rings is 1. The highest BCUT2D eigenvalue weighted by molar-refractivity contribution is 5.67. The van der Waals surface area contributed by atoms with Gasteiger partial charge in [0.15, 0.2) is 23.3 Å². The minimum absolute atomic E-state index is 0.00265. The van der Waals surface area contributed by atoms with Gasteiger partial charge in [-0.2, -0.15) is 0 Å². The average molecular weight is 353 g/mol. The summed E-state index contributed by atoms with van der Waals surface area (Å²) in [4.78, 5) is 11.4. The first-order valence-electron chi connectivity index (χ1n) is 7.10. The standard InChI is InChI=1S/C15H19F4NO4/c1-15(2,3)24-14(23)20-5-4-9(21)13(22)10-11(18)7(16)6-8(17)12(10)19/h6,9,13,21-22H,4-5H2,1-3H3,(H,20,23). The minimum Gasteiger partial charge on any atom is -0.444 e. The van der Waals surface area contributed by atoms with Crippen LogP contribution in [-0.4, -0.2) is 34.6 Å². The van der Waals surface area contributed by atoms with Crippen LogP contribution >= 0.6 is 0 Å². The predicted molar refractivity (Wildman–Crippen MR) is 76.1 cm³/mol. The molecule has 2 unspecified atom stereocenters. The smallest absolute Gasteiger partial charge is 0.407 e. The number of hydrogen-bond donors (Lipinski definition) is 3. The lowest BCUT2D eigenvalue weighted by Gasteiger charge is -2.21. The van der Waals surface area contributed by atoms with Crippen LogP contribution in [0, 0.1) is 23.3 Å². The van der Waals surface area contributed by atoms with E-state index in [9.17, 15) is 32.6 Å². The van der Waals surface area contributed by atoms with Crippen molar-refractivity contribution in [3.8, 4) is 0 Å². The summed E-state index contributed by atoms with van der Waals surface area (Å²) in [6, 6.07) is -0.00265. The van der Waals surface area contributed by atoms with Gasteiger partial charge in [0, 0.05) is 12.6 Å². The zero-order chi connectivity index (χ0) is 18.7. The lowest BCUT2D eigenvalue weighted by atomic mass is 10.0. The van der Waals surface area contributed by atoms with Crippen molar-refractivity contribution in [3.05, 3.63) is 34.9 Å². The molecule has 0 fully saturated rings. The van der Waals surface area contributed by atoms with E-state index in [1.165, 1.54) is 0 Å². The average Bonchev–Trinajstić information content (AvgIpc) is 2.43. The Morgan fingerprint density at radius 3 is 2.12 bits per heavy atom. The second kappa shape index (κ2) is 7.80. The van der Waals surface area contributed by atoms with Crippen LogP contribution in [0.2, 0.25) is 0 Å². The van der Waals surface area contributed by atoms with Gasteiger partial charge in [0.1, 0.15) is 11.7 Å². The fraction of sp³-hybridized carbons (Fsp3) is 0.533. The number of amides is 1. The van der Waals surface area contributed by atoms with E-state index in [4.69, 9.17) is 4.74 Å². The van der Waals surface area contributed by atoms with Crippen LogP contribution < -0.4 is 5.32 Å². The van der Waals surface area contributed by atoms with Gasteiger partial charge in [-0.25, -0.2) is 22.4 Å². The maximum absolute atomic E-state index is 13.5. The molecule has 0 heterocycles. The largest absolute Gasteiger partial charge is 0.444 e. The number of carbonyl (C=O) groups excluding carboxylic acids is 1. The van der Waals surface area contributed by atoms with E-state index in [0.29, 0.717) is 0 Å². The molecule has 24 heavy (non-hydrogen) atoms. The van der Waals surface area contributed by atoms with Gasteiger partial charge >= 0.3 is 6.09 Å². The Morgan fingerprint density at radius 1 is 1.17 bits per heavy atom. The third kappa shape index (κ3) is 5.34. The number of rotatable bonds is 5. The molecule has 1 amide bonds. The van der Waals surface area contributed by atoms with E-state index in [2.05, 4.69) is 5.32 Å². The summed E-state index contributed by atoms with van der Waals surface area (Å²) in [7, 11) is 0. The van der Waals surface area contributed by atoms with E-state index in [0.717, 1.165) is 0 Å². The molecule has 1 rings (SSSR count). The molecule has 0 bridgehead atoms. The highest BCUT2D eigenvalue weighted by atomic mass is 19.2. The molecule has 5 nitrogen and oxygen atoms in total. The Hall–Kier alpha value is -1.87. The summed E-state index contributed by atoms with van der Waals surface area (Å²) in [5, 5.41) is 21.7. The summed E-state index contributed by atoms with van der Waals surface area (Å²) in [5.41, 5.74) is -2.05. The predicted octanol–water partition coefficient (Wildman–Crippen LogP) is 2.55. The molecule has 0 saturated carbocycles. The number of ether oxygens (including phenoxy) is 1. The number of aliphatic hydroxyl groups excluding tert-OH is 2. The Morgan fingerprint density at radius 2 is 1.67 bits per heavy atom. The van der Waals surface area contributed by atoms with E-state index in [1.54, 1.807) is 20.8 Å². The maximum Gasteiger partial charge on any atom is 0.407 e. The highest BCUT2D eigenvalue weighted by Gasteiger charge is 2.29. The molecular formula is C15H19F4NO4. The molecular weight excluding hydrogens is 334 g/mol. The summed E-state index contributed by atoms with van der Waals surface area (Å²) in [5.74, 6) is -6.97. The number of halogens is 4. The van der Waals surface area contributed by atoms with Gasteiger partial charge in [-0.3, -0.25) is 0 Å². The Labute approximate surface area is 136 Å². The lowest BCUT2D eigenvalue weighted by Crippen LogP contribution is -2.35. The fourth-order valence-electron chi connectivity index (χ4n) is 1.84. The first kappa shape index (κ1) is 20.2. The molecule has 0 aliphatic rings. The second-order valence-corrected chi connectivity index (χ2v) is 6.11. The first-order valence-corrected chi connectivity index (χ1v) is 7.10. The summed E-state index contributed by atoms with van der Waals surface area (Å²) < 4.78 is 58.2. The van der Waals surface area contributed by atoms with E-state index >= 15 is 0 Å². The van der Waals surface area contributed by atoms with Crippen molar-refractivity contribution in [1.29, 1.82) is 0 Å². The minimum atomic E-state index is -2.21. The Kier molecular flexibility index (Phi) is 6.56. The topological polar surface area (TPSA) is 78.8 Å². The highest BCUT2D eigenvalue weighted by Crippen LogP contribution is 2.28. The van der Waals surface area contributed by atoms with Crippen molar-refractivity contribution in [2.45, 2.75) is 45.0 Å². The molecule has 9 heteroatoms. The summed E-state index contributed by atoms with van der Waals surface area (Å²) in [6.45, 7) is 4.70. The molecule has 1 aromatic rings. The number of carbonyl (C=O) groups is 1. The van der Waals surface area contributed by atoms with Crippen LogP contribution in [0.15, 0.2) is 6.07 Å². The van der Waals surface area contributed by atoms with Crippen molar-refractivity contribution >= 4 is 6.09 Å². The maximum atomic E-state index is 13.5. The molecule has 3 N–H and O–H groups in total. The monoisotopic (exact) mass is 353 g/mol. The van der Waals surface area contributed by atoms with Gasteiger partial charge in [-0.05, 0) is 27.2 Å². The molecule has 1 aromatic carbocycles. The van der Waals surface area contributed by atoms with Crippen LogP contribution in [0.3, 0.4) is 0 Å². The van der Waals surface area contributed by atoms with Gasteiger partial charge in [0.25, 0.3) is 0 Å². The van der Waals surface area contributed by atoms with Crippen molar-refractivity contribution in [1.82, 2.24) is 5.32 Å².